The third kappa shape index (κ3) is 3.90. The maximum Gasteiger partial charge on any atom is 0.416 e. The fourth-order valence-corrected chi connectivity index (χ4v) is 3.65. The molecule has 0 saturated carbocycles. The van der Waals surface area contributed by atoms with Gasteiger partial charge >= 0.3 is 6.18 Å². The van der Waals surface area contributed by atoms with Gasteiger partial charge in [-0.25, -0.2) is 9.97 Å². The highest BCUT2D eigenvalue weighted by molar-refractivity contribution is 9.10. The Bertz CT molecular complexity index is 1200. The zero-order valence-electron chi connectivity index (χ0n) is 15.7. The Labute approximate surface area is 174 Å². The normalized spacial score (nSPS) is 11.8. The third-order valence-corrected chi connectivity index (χ3v) is 5.31. The lowest BCUT2D eigenvalue weighted by atomic mass is 10.0. The summed E-state index contributed by atoms with van der Waals surface area (Å²) in [5.41, 5.74) is 4.85. The summed E-state index contributed by atoms with van der Waals surface area (Å²) in [6.45, 7) is 3.97. The molecule has 0 unspecified atom stereocenters. The summed E-state index contributed by atoms with van der Waals surface area (Å²) in [5.74, 6) is 0. The van der Waals surface area contributed by atoms with Gasteiger partial charge in [-0.1, -0.05) is 59.7 Å². The minimum absolute atomic E-state index is 0.193. The van der Waals surface area contributed by atoms with Gasteiger partial charge in [0.2, 0.25) is 0 Å². The lowest BCUT2D eigenvalue weighted by molar-refractivity contribution is -0.137. The molecule has 0 N–H and O–H groups in total. The second-order valence-electron chi connectivity index (χ2n) is 6.98. The highest BCUT2D eigenvalue weighted by Gasteiger charge is 2.32. The number of nitrogens with zero attached hydrogens (tertiary/aromatic N) is 2. The van der Waals surface area contributed by atoms with Gasteiger partial charge in [-0.3, -0.25) is 0 Å². The average Bonchev–Trinajstić information content (AvgIpc) is 2.68. The third-order valence-electron chi connectivity index (χ3n) is 4.70. The van der Waals surface area contributed by atoms with Crippen molar-refractivity contribution < 1.29 is 13.2 Å². The molecule has 0 saturated heterocycles. The Kier molecular flexibility index (Phi) is 4.90. The Balaban J connectivity index is 2.03. The maximum absolute atomic E-state index is 13.3. The van der Waals surface area contributed by atoms with E-state index in [2.05, 4.69) is 20.9 Å². The van der Waals surface area contributed by atoms with Crippen LogP contribution in [0.25, 0.3) is 33.5 Å². The fraction of sp³-hybridized carbons (Fsp3) is 0.130. The zero-order valence-corrected chi connectivity index (χ0v) is 17.3. The van der Waals surface area contributed by atoms with E-state index in [0.29, 0.717) is 16.9 Å². The van der Waals surface area contributed by atoms with Gasteiger partial charge in [0.1, 0.15) is 5.52 Å². The highest BCUT2D eigenvalue weighted by Crippen LogP contribution is 2.37. The Morgan fingerprint density at radius 2 is 1.21 bits per heavy atom. The van der Waals surface area contributed by atoms with E-state index in [1.165, 1.54) is 0 Å². The van der Waals surface area contributed by atoms with Gasteiger partial charge in [0.05, 0.1) is 22.5 Å². The largest absolute Gasteiger partial charge is 0.416 e. The molecule has 0 amide bonds. The van der Waals surface area contributed by atoms with Crippen molar-refractivity contribution in [2.75, 3.05) is 0 Å². The first-order valence-corrected chi connectivity index (χ1v) is 9.74. The molecule has 0 fully saturated rings. The molecular formula is C23H16BrF3N2. The molecule has 4 rings (SSSR count). The van der Waals surface area contributed by atoms with Gasteiger partial charge in [-0.05, 0) is 41.9 Å². The number of alkyl halides is 3. The Hall–Kier alpha value is -2.73. The van der Waals surface area contributed by atoms with Crippen molar-refractivity contribution in [3.63, 3.8) is 0 Å². The second kappa shape index (κ2) is 7.26. The van der Waals surface area contributed by atoms with Gasteiger partial charge in [0.15, 0.2) is 0 Å². The van der Waals surface area contributed by atoms with Crippen LogP contribution < -0.4 is 0 Å². The first-order valence-electron chi connectivity index (χ1n) is 8.95. The summed E-state index contributed by atoms with van der Waals surface area (Å²) < 4.78 is 40.1. The Morgan fingerprint density at radius 1 is 0.724 bits per heavy atom. The van der Waals surface area contributed by atoms with Crippen molar-refractivity contribution >= 4 is 27.0 Å². The molecule has 0 aliphatic rings. The molecule has 0 spiro atoms. The van der Waals surface area contributed by atoms with Crippen molar-refractivity contribution in [1.82, 2.24) is 9.97 Å². The predicted molar refractivity (Wildman–Crippen MR) is 113 cm³/mol. The van der Waals surface area contributed by atoms with Crippen LogP contribution in [0.5, 0.6) is 0 Å². The lowest BCUT2D eigenvalue weighted by Crippen LogP contribution is -2.06. The van der Waals surface area contributed by atoms with E-state index in [4.69, 9.17) is 4.98 Å². The van der Waals surface area contributed by atoms with Crippen LogP contribution in [0, 0.1) is 13.8 Å². The minimum Gasteiger partial charge on any atom is -0.244 e. The van der Waals surface area contributed by atoms with Crippen LogP contribution in [0.4, 0.5) is 13.2 Å². The predicted octanol–water partition coefficient (Wildman–Crippen LogP) is 7.36. The average molecular weight is 457 g/mol. The van der Waals surface area contributed by atoms with Crippen molar-refractivity contribution in [2.45, 2.75) is 20.0 Å². The van der Waals surface area contributed by atoms with E-state index < -0.39 is 11.7 Å². The van der Waals surface area contributed by atoms with Crippen LogP contribution in [-0.4, -0.2) is 9.97 Å². The molecule has 2 nitrogen and oxygen atoms in total. The monoisotopic (exact) mass is 456 g/mol. The van der Waals surface area contributed by atoms with E-state index >= 15 is 0 Å². The van der Waals surface area contributed by atoms with Gasteiger partial charge in [-0.15, -0.1) is 0 Å². The number of fused-ring (bicyclic) bond motifs is 1. The summed E-state index contributed by atoms with van der Waals surface area (Å²) in [7, 11) is 0. The molecule has 0 bridgehead atoms. The van der Waals surface area contributed by atoms with Crippen LogP contribution in [0.2, 0.25) is 0 Å². The summed E-state index contributed by atoms with van der Waals surface area (Å²) in [4.78, 5) is 9.34. The van der Waals surface area contributed by atoms with Gasteiger partial charge < -0.3 is 0 Å². The first-order chi connectivity index (χ1) is 13.7. The van der Waals surface area contributed by atoms with Gasteiger partial charge in [-0.2, -0.15) is 13.2 Å². The summed E-state index contributed by atoms with van der Waals surface area (Å²) in [6, 6.07) is 17.6. The van der Waals surface area contributed by atoms with Crippen LogP contribution in [0.3, 0.4) is 0 Å². The smallest absolute Gasteiger partial charge is 0.244 e. The van der Waals surface area contributed by atoms with Crippen LogP contribution in [0.1, 0.15) is 16.7 Å². The number of halogens is 4. The fourth-order valence-electron chi connectivity index (χ4n) is 3.11. The van der Waals surface area contributed by atoms with Crippen LogP contribution >= 0.6 is 15.9 Å². The number of aromatic nitrogens is 2. The van der Waals surface area contributed by atoms with Gasteiger partial charge in [0, 0.05) is 15.6 Å². The molecule has 0 atom stereocenters. The molecule has 4 aromatic rings. The van der Waals surface area contributed by atoms with E-state index in [-0.39, 0.29) is 9.99 Å². The van der Waals surface area contributed by atoms with Gasteiger partial charge in [0.25, 0.3) is 0 Å². The summed E-state index contributed by atoms with van der Waals surface area (Å²) >= 11 is 3.25. The van der Waals surface area contributed by atoms with E-state index in [9.17, 15) is 13.2 Å². The van der Waals surface area contributed by atoms with Crippen molar-refractivity contribution in [1.29, 1.82) is 0 Å². The van der Waals surface area contributed by atoms with Crippen LogP contribution in [0.15, 0.2) is 65.1 Å². The molecule has 0 aliphatic carbocycles. The number of rotatable bonds is 2. The first kappa shape index (κ1) is 19.6. The quantitative estimate of drug-likeness (QED) is 0.314. The molecule has 0 aliphatic heterocycles. The lowest BCUT2D eigenvalue weighted by Gasteiger charge is -2.14. The van der Waals surface area contributed by atoms with E-state index in [1.807, 2.05) is 62.4 Å². The SMILES string of the molecule is Cc1ccc(-c2nc3cc(C(F)(F)F)cc(Br)c3nc2-c2ccc(C)cc2)cc1. The van der Waals surface area contributed by atoms with E-state index in [1.54, 1.807) is 0 Å². The molecule has 1 aromatic heterocycles. The molecule has 6 heteroatoms. The number of hydrogen-bond donors (Lipinski definition) is 0. The summed E-state index contributed by atoms with van der Waals surface area (Å²) in [6.07, 6.45) is -4.46. The Morgan fingerprint density at radius 3 is 1.69 bits per heavy atom. The molecule has 29 heavy (non-hydrogen) atoms. The minimum atomic E-state index is -4.46. The highest BCUT2D eigenvalue weighted by atomic mass is 79.9. The standard InChI is InChI=1S/C23H16BrF3N2/c1-13-3-7-15(8-4-13)20-21(16-9-5-14(2)6-10-16)29-22-18(24)11-17(23(25,26)27)12-19(22)28-20/h3-12H,1-2H3. The van der Waals surface area contributed by atoms with Crippen molar-refractivity contribution in [2.24, 2.45) is 0 Å². The molecule has 146 valence electrons. The number of benzene rings is 3. The van der Waals surface area contributed by atoms with E-state index in [0.717, 1.165) is 34.4 Å². The molecule has 0 radical (unpaired) electrons. The molecular weight excluding hydrogens is 441 g/mol. The molecule has 3 aromatic carbocycles. The molecule has 1 heterocycles. The van der Waals surface area contributed by atoms with Crippen molar-refractivity contribution in [3.05, 3.63) is 81.8 Å². The maximum atomic E-state index is 13.3. The van der Waals surface area contributed by atoms with Crippen molar-refractivity contribution in [3.8, 4) is 22.5 Å². The second-order valence-corrected chi connectivity index (χ2v) is 7.83. The topological polar surface area (TPSA) is 25.8 Å². The number of hydrogen-bond acceptors (Lipinski definition) is 2. The number of aryl methyl sites for hydroxylation is 2. The van der Waals surface area contributed by atoms with Crippen LogP contribution in [-0.2, 0) is 6.18 Å². The zero-order chi connectivity index (χ0) is 20.8. The summed E-state index contributed by atoms with van der Waals surface area (Å²) in [5, 5.41) is 0.